The van der Waals surface area contributed by atoms with Crippen LogP contribution in [0.5, 0.6) is 5.75 Å². The van der Waals surface area contributed by atoms with Crippen molar-refractivity contribution in [3.05, 3.63) is 28.3 Å². The van der Waals surface area contributed by atoms with Crippen LogP contribution < -0.4 is 10.5 Å². The van der Waals surface area contributed by atoms with Crippen molar-refractivity contribution in [2.45, 2.75) is 26.3 Å². The number of ether oxygens (including phenoxy) is 1. The summed E-state index contributed by atoms with van der Waals surface area (Å²) in [6.45, 7) is 5.16. The molecule has 88 valence electrons. The van der Waals surface area contributed by atoms with Crippen molar-refractivity contribution < 1.29 is 9.53 Å². The van der Waals surface area contributed by atoms with Crippen molar-refractivity contribution in [1.82, 2.24) is 0 Å². The number of methoxy groups -OCH3 is 1. The van der Waals surface area contributed by atoms with Crippen molar-refractivity contribution in [2.24, 2.45) is 5.73 Å². The van der Waals surface area contributed by atoms with Gasteiger partial charge in [-0.05, 0) is 38.5 Å². The SMILES string of the molecule is COc1cc(C)c(Cl)cc1C(=O)C(C)(C)N. The van der Waals surface area contributed by atoms with Gasteiger partial charge >= 0.3 is 0 Å². The van der Waals surface area contributed by atoms with Crippen LogP contribution >= 0.6 is 11.6 Å². The fourth-order valence-corrected chi connectivity index (χ4v) is 1.51. The number of carbonyl (C=O) groups excluding carboxylic acids is 1. The molecule has 0 bridgehead atoms. The van der Waals surface area contributed by atoms with Gasteiger partial charge in [0.25, 0.3) is 0 Å². The molecule has 16 heavy (non-hydrogen) atoms. The van der Waals surface area contributed by atoms with Gasteiger partial charge in [-0.25, -0.2) is 0 Å². The summed E-state index contributed by atoms with van der Waals surface area (Å²) >= 11 is 5.99. The molecule has 1 rings (SSSR count). The molecule has 0 heterocycles. The maximum atomic E-state index is 12.0. The van der Waals surface area contributed by atoms with Gasteiger partial charge in [0, 0.05) is 5.02 Å². The molecule has 0 amide bonds. The quantitative estimate of drug-likeness (QED) is 0.828. The fraction of sp³-hybridized carbons (Fsp3) is 0.417. The van der Waals surface area contributed by atoms with Gasteiger partial charge in [-0.1, -0.05) is 11.6 Å². The Morgan fingerprint density at radius 1 is 1.44 bits per heavy atom. The van der Waals surface area contributed by atoms with Gasteiger partial charge < -0.3 is 10.5 Å². The topological polar surface area (TPSA) is 52.3 Å². The second-order valence-electron chi connectivity index (χ2n) is 4.35. The van der Waals surface area contributed by atoms with Crippen molar-refractivity contribution in [3.63, 3.8) is 0 Å². The van der Waals surface area contributed by atoms with E-state index >= 15 is 0 Å². The summed E-state index contributed by atoms with van der Waals surface area (Å²) in [5.41, 5.74) is 6.12. The van der Waals surface area contributed by atoms with Crippen molar-refractivity contribution >= 4 is 17.4 Å². The molecular formula is C12H16ClNO2. The first-order valence-electron chi connectivity index (χ1n) is 4.95. The van der Waals surface area contributed by atoms with Gasteiger partial charge in [0.15, 0.2) is 5.78 Å². The van der Waals surface area contributed by atoms with Gasteiger partial charge in [0.2, 0.25) is 0 Å². The summed E-state index contributed by atoms with van der Waals surface area (Å²) in [7, 11) is 1.52. The van der Waals surface area contributed by atoms with E-state index in [1.807, 2.05) is 6.92 Å². The lowest BCUT2D eigenvalue weighted by atomic mass is 9.93. The molecule has 0 unspecified atom stereocenters. The van der Waals surface area contributed by atoms with Crippen LogP contribution in [0.1, 0.15) is 29.8 Å². The van der Waals surface area contributed by atoms with Crippen LogP contribution in [0.15, 0.2) is 12.1 Å². The molecule has 0 saturated heterocycles. The summed E-state index contributed by atoms with van der Waals surface area (Å²) in [5, 5.41) is 0.536. The number of hydrogen-bond acceptors (Lipinski definition) is 3. The first-order chi connectivity index (χ1) is 7.27. The highest BCUT2D eigenvalue weighted by Crippen LogP contribution is 2.28. The largest absolute Gasteiger partial charge is 0.496 e. The normalized spacial score (nSPS) is 11.4. The number of benzene rings is 1. The number of rotatable bonds is 3. The lowest BCUT2D eigenvalue weighted by Crippen LogP contribution is -2.41. The molecule has 0 fully saturated rings. The fourth-order valence-electron chi connectivity index (χ4n) is 1.35. The maximum absolute atomic E-state index is 12.0. The highest BCUT2D eigenvalue weighted by atomic mass is 35.5. The van der Waals surface area contributed by atoms with E-state index in [0.29, 0.717) is 16.3 Å². The van der Waals surface area contributed by atoms with E-state index in [1.54, 1.807) is 26.0 Å². The summed E-state index contributed by atoms with van der Waals surface area (Å²) in [6, 6.07) is 3.34. The van der Waals surface area contributed by atoms with Crippen LogP contribution in [-0.2, 0) is 0 Å². The van der Waals surface area contributed by atoms with Gasteiger partial charge in [0.1, 0.15) is 5.75 Å². The van der Waals surface area contributed by atoms with Gasteiger partial charge in [-0.2, -0.15) is 0 Å². The van der Waals surface area contributed by atoms with Crippen LogP contribution in [0.25, 0.3) is 0 Å². The summed E-state index contributed by atoms with van der Waals surface area (Å²) in [6.07, 6.45) is 0. The Morgan fingerprint density at radius 2 is 2.00 bits per heavy atom. The van der Waals surface area contributed by atoms with E-state index in [9.17, 15) is 4.79 Å². The van der Waals surface area contributed by atoms with E-state index in [0.717, 1.165) is 5.56 Å². The molecule has 1 aromatic carbocycles. The van der Waals surface area contributed by atoms with E-state index < -0.39 is 5.54 Å². The monoisotopic (exact) mass is 241 g/mol. The molecule has 0 spiro atoms. The predicted molar refractivity (Wildman–Crippen MR) is 65.3 cm³/mol. The van der Waals surface area contributed by atoms with Gasteiger partial charge in [0.05, 0.1) is 18.2 Å². The molecule has 2 N–H and O–H groups in total. The summed E-state index contributed by atoms with van der Waals surface area (Å²) in [4.78, 5) is 12.0. The van der Waals surface area contributed by atoms with E-state index in [1.165, 1.54) is 7.11 Å². The number of ketones is 1. The average Bonchev–Trinajstić information content (AvgIpc) is 2.19. The third-order valence-corrected chi connectivity index (χ3v) is 2.72. The number of nitrogens with two attached hydrogens (primary N) is 1. The highest BCUT2D eigenvalue weighted by Gasteiger charge is 2.26. The molecule has 4 heteroatoms. The average molecular weight is 242 g/mol. The number of hydrogen-bond donors (Lipinski definition) is 1. The lowest BCUT2D eigenvalue weighted by Gasteiger charge is -2.19. The molecule has 0 atom stereocenters. The number of aryl methyl sites for hydroxylation is 1. The molecule has 0 aromatic heterocycles. The van der Waals surface area contributed by atoms with Crippen molar-refractivity contribution in [2.75, 3.05) is 7.11 Å². The molecule has 1 aromatic rings. The highest BCUT2D eigenvalue weighted by molar-refractivity contribution is 6.32. The van der Waals surface area contributed by atoms with Crippen molar-refractivity contribution in [1.29, 1.82) is 0 Å². The van der Waals surface area contributed by atoms with Crippen LogP contribution in [0.2, 0.25) is 5.02 Å². The van der Waals surface area contributed by atoms with Gasteiger partial charge in [-0.3, -0.25) is 4.79 Å². The van der Waals surface area contributed by atoms with Gasteiger partial charge in [-0.15, -0.1) is 0 Å². The minimum Gasteiger partial charge on any atom is -0.496 e. The summed E-state index contributed by atoms with van der Waals surface area (Å²) in [5.74, 6) is 0.316. The Balaban J connectivity index is 3.33. The zero-order valence-corrected chi connectivity index (χ0v) is 10.7. The molecule has 3 nitrogen and oxygen atoms in total. The number of carbonyl (C=O) groups is 1. The first kappa shape index (κ1) is 13.0. The molecule has 0 aliphatic heterocycles. The minimum absolute atomic E-state index is 0.189. The second kappa shape index (κ2) is 4.44. The Hall–Kier alpha value is -1.06. The third kappa shape index (κ3) is 2.54. The zero-order chi connectivity index (χ0) is 12.5. The standard InChI is InChI=1S/C12H16ClNO2/c1-7-5-10(16-4)8(6-9(7)13)11(15)12(2,3)14/h5-6H,14H2,1-4H3. The van der Waals surface area contributed by atoms with Crippen LogP contribution in [0.3, 0.4) is 0 Å². The third-order valence-electron chi connectivity index (χ3n) is 2.31. The molecule has 0 aliphatic carbocycles. The Morgan fingerprint density at radius 3 is 2.44 bits per heavy atom. The second-order valence-corrected chi connectivity index (χ2v) is 4.76. The van der Waals surface area contributed by atoms with Crippen LogP contribution in [0, 0.1) is 6.92 Å². The van der Waals surface area contributed by atoms with Crippen molar-refractivity contribution in [3.8, 4) is 5.75 Å². The molecule has 0 radical (unpaired) electrons. The first-order valence-corrected chi connectivity index (χ1v) is 5.33. The zero-order valence-electron chi connectivity index (χ0n) is 9.93. The summed E-state index contributed by atoms with van der Waals surface area (Å²) < 4.78 is 5.16. The Bertz CT molecular complexity index is 422. The lowest BCUT2D eigenvalue weighted by molar-refractivity contribution is 0.0910. The minimum atomic E-state index is -0.939. The number of Topliss-reactive ketones (excluding diaryl/α,β-unsaturated/α-hetero) is 1. The Labute approximate surface area is 101 Å². The van der Waals surface area contributed by atoms with Crippen LogP contribution in [-0.4, -0.2) is 18.4 Å². The smallest absolute Gasteiger partial charge is 0.185 e. The molecule has 0 saturated carbocycles. The molecular weight excluding hydrogens is 226 g/mol. The predicted octanol–water partition coefficient (Wildman–Crippen LogP) is 2.58. The molecule has 0 aliphatic rings. The number of halogens is 1. The van der Waals surface area contributed by atoms with E-state index in [4.69, 9.17) is 22.1 Å². The Kier molecular flexibility index (Phi) is 3.61. The van der Waals surface area contributed by atoms with E-state index in [-0.39, 0.29) is 5.78 Å². The maximum Gasteiger partial charge on any atom is 0.185 e. The van der Waals surface area contributed by atoms with E-state index in [2.05, 4.69) is 0 Å². The van der Waals surface area contributed by atoms with Crippen LogP contribution in [0.4, 0.5) is 0 Å².